The van der Waals surface area contributed by atoms with Gasteiger partial charge in [-0.1, -0.05) is 0 Å². The van der Waals surface area contributed by atoms with Crippen LogP contribution in [0.15, 0.2) is 21.3 Å². The number of H-pyrrole nitrogens is 1. The number of rotatable bonds is 7. The van der Waals surface area contributed by atoms with Gasteiger partial charge in [-0.3, -0.25) is 9.59 Å². The van der Waals surface area contributed by atoms with E-state index in [9.17, 15) is 14.4 Å². The van der Waals surface area contributed by atoms with Gasteiger partial charge in [0.2, 0.25) is 5.76 Å². The van der Waals surface area contributed by atoms with E-state index in [1.807, 2.05) is 13.8 Å². The van der Waals surface area contributed by atoms with E-state index in [0.29, 0.717) is 27.6 Å². The predicted molar refractivity (Wildman–Crippen MR) is 110 cm³/mol. The smallest absolute Gasteiger partial charge is 0.373 e. The van der Waals surface area contributed by atoms with Crippen LogP contribution < -0.4 is 5.56 Å². The highest BCUT2D eigenvalue weighted by Crippen LogP contribution is 2.26. The highest BCUT2D eigenvalue weighted by atomic mass is 32.2. The van der Waals surface area contributed by atoms with E-state index in [1.165, 1.54) is 36.3 Å². The van der Waals surface area contributed by atoms with E-state index in [1.54, 1.807) is 13.0 Å². The van der Waals surface area contributed by atoms with Gasteiger partial charge in [-0.2, -0.15) is 0 Å². The molecule has 0 aliphatic rings. The van der Waals surface area contributed by atoms with Crippen molar-refractivity contribution in [1.82, 2.24) is 9.97 Å². The SMILES string of the molecule is COC(=O)c1ccc(COC(=O)[C@H](C)SCc2nc3sc(C)c(C)c3c(=O)[nH]2)o1. The van der Waals surface area contributed by atoms with Crippen molar-refractivity contribution >= 4 is 45.3 Å². The Kier molecular flexibility index (Phi) is 6.43. The van der Waals surface area contributed by atoms with Gasteiger partial charge in [-0.25, -0.2) is 9.78 Å². The monoisotopic (exact) mass is 436 g/mol. The number of esters is 2. The molecule has 10 heteroatoms. The maximum atomic E-state index is 12.3. The molecule has 3 aromatic rings. The number of methoxy groups -OCH3 is 1. The first-order valence-electron chi connectivity index (χ1n) is 8.74. The fraction of sp³-hybridized carbons (Fsp3) is 0.368. The summed E-state index contributed by atoms with van der Waals surface area (Å²) in [6.45, 7) is 5.49. The Morgan fingerprint density at radius 3 is 2.83 bits per heavy atom. The number of ether oxygens (including phenoxy) is 2. The van der Waals surface area contributed by atoms with E-state index in [2.05, 4.69) is 14.7 Å². The Bertz CT molecular complexity index is 1110. The second-order valence-electron chi connectivity index (χ2n) is 6.29. The summed E-state index contributed by atoms with van der Waals surface area (Å²) in [5.41, 5.74) is 0.782. The number of carbonyl (C=O) groups is 2. The van der Waals surface area contributed by atoms with Crippen LogP contribution in [0.5, 0.6) is 0 Å². The van der Waals surface area contributed by atoms with Crippen LogP contribution in [-0.2, 0) is 26.6 Å². The third kappa shape index (κ3) is 4.70. The molecule has 0 aliphatic carbocycles. The van der Waals surface area contributed by atoms with Gasteiger partial charge < -0.3 is 18.9 Å². The number of nitrogens with one attached hydrogen (secondary N) is 1. The molecule has 0 amide bonds. The first kappa shape index (κ1) is 21.1. The van der Waals surface area contributed by atoms with Crippen molar-refractivity contribution in [3.63, 3.8) is 0 Å². The lowest BCUT2D eigenvalue weighted by molar-refractivity contribution is -0.144. The molecule has 0 saturated carbocycles. The summed E-state index contributed by atoms with van der Waals surface area (Å²) in [6.07, 6.45) is 0. The Labute approximate surface area is 174 Å². The molecule has 8 nitrogen and oxygen atoms in total. The lowest BCUT2D eigenvalue weighted by atomic mass is 10.2. The highest BCUT2D eigenvalue weighted by molar-refractivity contribution is 7.99. The minimum atomic E-state index is -0.596. The Morgan fingerprint density at radius 1 is 1.34 bits per heavy atom. The van der Waals surface area contributed by atoms with Crippen molar-refractivity contribution < 1.29 is 23.5 Å². The Balaban J connectivity index is 1.56. The summed E-state index contributed by atoms with van der Waals surface area (Å²) in [5, 5.41) is 0.149. The molecule has 0 unspecified atom stereocenters. The number of carbonyl (C=O) groups excluding carboxylic acids is 2. The molecule has 0 saturated heterocycles. The van der Waals surface area contributed by atoms with Crippen molar-refractivity contribution in [2.24, 2.45) is 0 Å². The van der Waals surface area contributed by atoms with Gasteiger partial charge in [-0.05, 0) is 38.5 Å². The fourth-order valence-electron chi connectivity index (χ4n) is 2.56. The van der Waals surface area contributed by atoms with Gasteiger partial charge in [0.15, 0.2) is 0 Å². The summed E-state index contributed by atoms with van der Waals surface area (Å²) >= 11 is 2.79. The quantitative estimate of drug-likeness (QED) is 0.561. The van der Waals surface area contributed by atoms with Crippen molar-refractivity contribution in [3.05, 3.63) is 50.3 Å². The molecule has 1 N–H and O–H groups in total. The number of aryl methyl sites for hydroxylation is 2. The minimum Gasteiger partial charge on any atom is -0.463 e. The van der Waals surface area contributed by atoms with Crippen molar-refractivity contribution in [3.8, 4) is 0 Å². The first-order valence-corrected chi connectivity index (χ1v) is 10.6. The Hall–Kier alpha value is -2.59. The van der Waals surface area contributed by atoms with Gasteiger partial charge in [0.1, 0.15) is 28.3 Å². The molecule has 0 radical (unpaired) electrons. The van der Waals surface area contributed by atoms with E-state index < -0.39 is 17.2 Å². The third-order valence-electron chi connectivity index (χ3n) is 4.30. The number of aromatic amines is 1. The van der Waals surface area contributed by atoms with Gasteiger partial charge in [0.25, 0.3) is 5.56 Å². The van der Waals surface area contributed by atoms with Crippen LogP contribution in [0.1, 0.15) is 39.5 Å². The van der Waals surface area contributed by atoms with Crippen LogP contribution in [0, 0.1) is 13.8 Å². The molecule has 3 rings (SSSR count). The number of thiophene rings is 1. The zero-order valence-corrected chi connectivity index (χ0v) is 18.0. The average Bonchev–Trinajstić information content (AvgIpc) is 3.28. The topological polar surface area (TPSA) is 111 Å². The number of furan rings is 1. The van der Waals surface area contributed by atoms with Gasteiger partial charge in [0.05, 0.1) is 18.2 Å². The normalized spacial score (nSPS) is 12.1. The maximum Gasteiger partial charge on any atom is 0.373 e. The minimum absolute atomic E-state index is 0.0467. The molecule has 154 valence electrons. The van der Waals surface area contributed by atoms with Gasteiger partial charge in [-0.15, -0.1) is 23.1 Å². The van der Waals surface area contributed by atoms with Crippen LogP contribution in [0.25, 0.3) is 10.2 Å². The summed E-state index contributed by atoms with van der Waals surface area (Å²) in [5.74, 6) is 0.242. The van der Waals surface area contributed by atoms with Crippen LogP contribution in [0.2, 0.25) is 0 Å². The Morgan fingerprint density at radius 2 is 2.10 bits per heavy atom. The van der Waals surface area contributed by atoms with E-state index >= 15 is 0 Å². The fourth-order valence-corrected chi connectivity index (χ4v) is 4.36. The molecule has 1 atom stereocenters. The number of fused-ring (bicyclic) bond motifs is 1. The number of aromatic nitrogens is 2. The molecule has 0 aromatic carbocycles. The van der Waals surface area contributed by atoms with Crippen LogP contribution in [0.3, 0.4) is 0 Å². The van der Waals surface area contributed by atoms with E-state index in [0.717, 1.165) is 10.4 Å². The van der Waals surface area contributed by atoms with E-state index in [-0.39, 0.29) is 17.9 Å². The largest absolute Gasteiger partial charge is 0.463 e. The third-order valence-corrected chi connectivity index (χ3v) is 6.53. The van der Waals surface area contributed by atoms with E-state index in [4.69, 9.17) is 9.15 Å². The molecule has 0 fully saturated rings. The first-order chi connectivity index (χ1) is 13.8. The van der Waals surface area contributed by atoms with Crippen LogP contribution in [0.4, 0.5) is 0 Å². The maximum absolute atomic E-state index is 12.3. The average molecular weight is 437 g/mol. The number of hydrogen-bond donors (Lipinski definition) is 1. The number of thioether (sulfide) groups is 1. The molecule has 3 heterocycles. The number of hydrogen-bond acceptors (Lipinski definition) is 9. The van der Waals surface area contributed by atoms with Crippen LogP contribution >= 0.6 is 23.1 Å². The molecule has 3 aromatic heterocycles. The van der Waals surface area contributed by atoms with Crippen molar-refractivity contribution in [2.75, 3.05) is 7.11 Å². The predicted octanol–water partition coefficient (Wildman–Crippen LogP) is 3.35. The summed E-state index contributed by atoms with van der Waals surface area (Å²) in [7, 11) is 1.25. The second-order valence-corrected chi connectivity index (χ2v) is 8.83. The van der Waals surface area contributed by atoms with Gasteiger partial charge in [0, 0.05) is 4.88 Å². The zero-order valence-electron chi connectivity index (χ0n) is 16.4. The number of nitrogens with zero attached hydrogens (tertiary/aromatic N) is 1. The molecule has 29 heavy (non-hydrogen) atoms. The molecular formula is C19H20N2O6S2. The molecule has 0 aliphatic heterocycles. The van der Waals surface area contributed by atoms with Crippen molar-refractivity contribution in [1.29, 1.82) is 0 Å². The lowest BCUT2D eigenvalue weighted by Gasteiger charge is -2.10. The second kappa shape index (κ2) is 8.83. The molecule has 0 spiro atoms. The van der Waals surface area contributed by atoms with Crippen LogP contribution in [-0.4, -0.2) is 34.3 Å². The molecule has 0 bridgehead atoms. The lowest BCUT2D eigenvalue weighted by Crippen LogP contribution is -2.18. The zero-order chi connectivity index (χ0) is 21.1. The van der Waals surface area contributed by atoms with Crippen molar-refractivity contribution in [2.45, 2.75) is 38.4 Å². The standard InChI is InChI=1S/C19H20N2O6S2/c1-9-10(2)29-17-15(9)16(22)20-14(21-17)8-28-11(3)18(23)26-7-12-5-6-13(27-12)19(24)25-4/h5-6,11H,7-8H2,1-4H3,(H,20,21,22)/t11-/m0/s1. The highest BCUT2D eigenvalue weighted by Gasteiger charge is 2.18. The van der Waals surface area contributed by atoms with Gasteiger partial charge >= 0.3 is 11.9 Å². The summed E-state index contributed by atoms with van der Waals surface area (Å²) in [4.78, 5) is 44.9. The summed E-state index contributed by atoms with van der Waals surface area (Å²) in [6, 6.07) is 3.01. The summed E-state index contributed by atoms with van der Waals surface area (Å²) < 4.78 is 15.0. The molecular weight excluding hydrogens is 416 g/mol.